The Hall–Kier alpha value is -2.85. The Morgan fingerprint density at radius 2 is 1.97 bits per heavy atom. The van der Waals surface area contributed by atoms with Gasteiger partial charge in [-0.1, -0.05) is 23.4 Å². The number of Topliss-reactive ketones (excluding diaryl/α,β-unsaturated/α-hetero) is 1. The molecule has 0 atom stereocenters. The predicted octanol–water partition coefficient (Wildman–Crippen LogP) is 1.88. The van der Waals surface area contributed by atoms with Crippen molar-refractivity contribution in [3.05, 3.63) is 55.7 Å². The Balaban J connectivity index is 1.55. The highest BCUT2D eigenvalue weighted by atomic mass is 35.5. The van der Waals surface area contributed by atoms with E-state index in [9.17, 15) is 14.4 Å². The second kappa shape index (κ2) is 7.53. The lowest BCUT2D eigenvalue weighted by Crippen LogP contribution is -2.36. The summed E-state index contributed by atoms with van der Waals surface area (Å²) in [5.74, 6) is 0.00468. The first-order chi connectivity index (χ1) is 13.9. The number of benzene rings is 1. The van der Waals surface area contributed by atoms with Crippen LogP contribution in [0.1, 0.15) is 29.2 Å². The Morgan fingerprint density at radius 1 is 1.28 bits per heavy atom. The number of nitrogens with two attached hydrogens (primary N) is 1. The van der Waals surface area contributed by atoms with Gasteiger partial charge in [0, 0.05) is 23.7 Å². The molecule has 0 amide bonds. The van der Waals surface area contributed by atoms with Gasteiger partial charge in [-0.25, -0.2) is 4.79 Å². The van der Waals surface area contributed by atoms with E-state index >= 15 is 0 Å². The van der Waals surface area contributed by atoms with Crippen LogP contribution < -0.4 is 17.0 Å². The van der Waals surface area contributed by atoms with Crippen molar-refractivity contribution in [1.29, 1.82) is 0 Å². The summed E-state index contributed by atoms with van der Waals surface area (Å²) in [5, 5.41) is 9.40. The van der Waals surface area contributed by atoms with Gasteiger partial charge >= 0.3 is 5.69 Å². The van der Waals surface area contributed by atoms with Crippen LogP contribution in [0.25, 0.3) is 11.4 Å². The van der Waals surface area contributed by atoms with Crippen LogP contribution >= 0.6 is 23.4 Å². The molecule has 2 heterocycles. The van der Waals surface area contributed by atoms with E-state index in [2.05, 4.69) is 15.2 Å². The van der Waals surface area contributed by atoms with E-state index in [4.69, 9.17) is 17.3 Å². The van der Waals surface area contributed by atoms with Gasteiger partial charge in [0.25, 0.3) is 5.56 Å². The highest BCUT2D eigenvalue weighted by Crippen LogP contribution is 2.35. The topological polar surface area (TPSA) is 129 Å². The summed E-state index contributed by atoms with van der Waals surface area (Å²) in [4.78, 5) is 39.0. The van der Waals surface area contributed by atoms with E-state index in [-0.39, 0.29) is 23.2 Å². The molecule has 0 bridgehead atoms. The normalized spacial score (nSPS) is 13.6. The van der Waals surface area contributed by atoms with Gasteiger partial charge in [-0.3, -0.25) is 19.1 Å². The average Bonchev–Trinajstić information content (AvgIpc) is 3.43. The number of hydrogen-bond acceptors (Lipinski definition) is 7. The quantitative estimate of drug-likeness (QED) is 0.449. The molecule has 2 aromatic heterocycles. The number of rotatable bonds is 6. The predicted molar refractivity (Wildman–Crippen MR) is 111 cm³/mol. The van der Waals surface area contributed by atoms with Crippen molar-refractivity contribution >= 4 is 35.0 Å². The first-order valence-corrected chi connectivity index (χ1v) is 10.2. The van der Waals surface area contributed by atoms with Gasteiger partial charge in [-0.15, -0.1) is 10.2 Å². The van der Waals surface area contributed by atoms with Gasteiger partial charge in [-0.05, 0) is 37.1 Å². The second-order valence-electron chi connectivity index (χ2n) is 6.70. The zero-order valence-electron chi connectivity index (χ0n) is 15.4. The van der Waals surface area contributed by atoms with Gasteiger partial charge in [0.15, 0.2) is 16.8 Å². The molecule has 29 heavy (non-hydrogen) atoms. The summed E-state index contributed by atoms with van der Waals surface area (Å²) in [5.41, 5.74) is 5.28. The zero-order valence-corrected chi connectivity index (χ0v) is 17.0. The third kappa shape index (κ3) is 3.73. The number of thioether (sulfide) groups is 1. The van der Waals surface area contributed by atoms with E-state index < -0.39 is 17.0 Å². The van der Waals surface area contributed by atoms with Crippen LogP contribution in [0.15, 0.2) is 39.0 Å². The third-order valence-corrected chi connectivity index (χ3v) is 5.91. The van der Waals surface area contributed by atoms with Gasteiger partial charge in [-0.2, -0.15) is 0 Å². The van der Waals surface area contributed by atoms with Crippen LogP contribution in [0.4, 0.5) is 5.82 Å². The van der Waals surface area contributed by atoms with Crippen molar-refractivity contribution in [1.82, 2.24) is 24.3 Å². The number of carbonyl (C=O) groups excluding carboxylic acids is 1. The molecule has 11 heteroatoms. The summed E-state index contributed by atoms with van der Waals surface area (Å²) in [6.45, 7) is 0. The lowest BCUT2D eigenvalue weighted by atomic mass is 10.2. The van der Waals surface area contributed by atoms with Crippen molar-refractivity contribution < 1.29 is 4.79 Å². The number of H-pyrrole nitrogens is 1. The molecule has 1 saturated carbocycles. The summed E-state index contributed by atoms with van der Waals surface area (Å²) < 4.78 is 3.04. The van der Waals surface area contributed by atoms with Crippen molar-refractivity contribution in [2.75, 3.05) is 11.5 Å². The van der Waals surface area contributed by atoms with Crippen LogP contribution in [-0.2, 0) is 7.05 Å². The fourth-order valence-electron chi connectivity index (χ4n) is 3.02. The lowest BCUT2D eigenvalue weighted by Gasteiger charge is -2.10. The highest BCUT2D eigenvalue weighted by molar-refractivity contribution is 7.99. The first-order valence-electron chi connectivity index (χ1n) is 8.82. The zero-order chi connectivity index (χ0) is 20.7. The Labute approximate surface area is 173 Å². The Morgan fingerprint density at radius 3 is 2.62 bits per heavy atom. The molecule has 150 valence electrons. The van der Waals surface area contributed by atoms with Gasteiger partial charge in [0.2, 0.25) is 0 Å². The van der Waals surface area contributed by atoms with E-state index in [1.165, 1.54) is 4.57 Å². The summed E-state index contributed by atoms with van der Waals surface area (Å²) >= 11 is 7.05. The number of aromatic amines is 1. The number of nitrogens with one attached hydrogen (secondary N) is 1. The number of aromatic nitrogens is 5. The van der Waals surface area contributed by atoms with E-state index in [1.807, 2.05) is 12.1 Å². The number of nitrogen functional groups attached to an aromatic ring is 1. The van der Waals surface area contributed by atoms with Crippen molar-refractivity contribution in [3.63, 3.8) is 0 Å². The SMILES string of the molecule is Cn1c(SCC(=O)c2c(N)n(C3CC3)c(=O)[nH]c2=O)nnc1-c1ccc(Cl)cc1. The van der Waals surface area contributed by atoms with Crippen LogP contribution in [0.2, 0.25) is 5.02 Å². The molecule has 0 unspecified atom stereocenters. The minimum absolute atomic E-state index is 0.0563. The summed E-state index contributed by atoms with van der Waals surface area (Å²) in [7, 11) is 1.78. The molecule has 3 N–H and O–H groups in total. The summed E-state index contributed by atoms with van der Waals surface area (Å²) in [6, 6.07) is 7.11. The molecule has 1 fully saturated rings. The standard InChI is InChI=1S/C18H17ClN6O3S/c1-24-15(9-2-4-10(19)5-3-9)22-23-18(24)29-8-12(26)13-14(20)25(11-6-7-11)17(28)21-16(13)27/h2-5,11H,6-8,20H2,1H3,(H,21,27,28). The number of halogens is 1. The molecule has 1 aliphatic carbocycles. The molecule has 3 aromatic rings. The molecule has 0 radical (unpaired) electrons. The molecular formula is C18H17ClN6O3S. The second-order valence-corrected chi connectivity index (χ2v) is 8.08. The number of anilines is 1. The monoisotopic (exact) mass is 432 g/mol. The number of nitrogens with zero attached hydrogens (tertiary/aromatic N) is 4. The molecule has 1 aromatic carbocycles. The molecule has 1 aliphatic rings. The van der Waals surface area contributed by atoms with Crippen molar-refractivity contribution in [2.24, 2.45) is 7.05 Å². The molecule has 0 aliphatic heterocycles. The Kier molecular flexibility index (Phi) is 5.05. The highest BCUT2D eigenvalue weighted by Gasteiger charge is 2.30. The van der Waals surface area contributed by atoms with E-state index in [0.717, 1.165) is 30.2 Å². The Bertz CT molecular complexity index is 1210. The molecule has 4 rings (SSSR count). The van der Waals surface area contributed by atoms with Crippen molar-refractivity contribution in [3.8, 4) is 11.4 Å². The maximum Gasteiger partial charge on any atom is 0.330 e. The van der Waals surface area contributed by atoms with Crippen LogP contribution in [0, 0.1) is 0 Å². The van der Waals surface area contributed by atoms with Crippen LogP contribution in [-0.4, -0.2) is 35.9 Å². The van der Waals surface area contributed by atoms with E-state index in [0.29, 0.717) is 16.0 Å². The number of carbonyl (C=O) groups is 1. The molecular weight excluding hydrogens is 416 g/mol. The average molecular weight is 433 g/mol. The van der Waals surface area contributed by atoms with Gasteiger partial charge < -0.3 is 10.3 Å². The number of ketones is 1. The van der Waals surface area contributed by atoms with Crippen molar-refractivity contribution in [2.45, 2.75) is 24.0 Å². The first kappa shape index (κ1) is 19.5. The van der Waals surface area contributed by atoms with Gasteiger partial charge in [0.05, 0.1) is 5.75 Å². The fraction of sp³-hybridized carbons (Fsp3) is 0.278. The minimum Gasteiger partial charge on any atom is -0.384 e. The smallest absolute Gasteiger partial charge is 0.330 e. The molecule has 0 saturated heterocycles. The van der Waals surface area contributed by atoms with Crippen LogP contribution in [0.5, 0.6) is 0 Å². The maximum absolute atomic E-state index is 12.7. The summed E-state index contributed by atoms with van der Waals surface area (Å²) in [6.07, 6.45) is 1.59. The molecule has 0 spiro atoms. The van der Waals surface area contributed by atoms with Gasteiger partial charge in [0.1, 0.15) is 11.4 Å². The largest absolute Gasteiger partial charge is 0.384 e. The lowest BCUT2D eigenvalue weighted by molar-refractivity contribution is 0.102. The van der Waals surface area contributed by atoms with Crippen LogP contribution in [0.3, 0.4) is 0 Å². The third-order valence-electron chi connectivity index (χ3n) is 4.64. The number of hydrogen-bond donors (Lipinski definition) is 2. The fourth-order valence-corrected chi connectivity index (χ4v) is 3.93. The maximum atomic E-state index is 12.7. The minimum atomic E-state index is -0.769. The van der Waals surface area contributed by atoms with E-state index in [1.54, 1.807) is 23.7 Å². The molecule has 9 nitrogen and oxygen atoms in total.